The maximum Gasteiger partial charge on any atom is 0.262 e. The monoisotopic (exact) mass is 493 g/mol. The number of anilines is 1. The molecule has 31 heavy (non-hydrogen) atoms. The normalized spacial score (nSPS) is 11.2. The summed E-state index contributed by atoms with van der Waals surface area (Å²) in [7, 11) is 0. The molecule has 0 aliphatic rings. The van der Waals surface area contributed by atoms with Gasteiger partial charge >= 0.3 is 0 Å². The van der Waals surface area contributed by atoms with Gasteiger partial charge in [-0.15, -0.1) is 0 Å². The highest BCUT2D eigenvalue weighted by molar-refractivity contribution is 9.10. The highest BCUT2D eigenvalue weighted by Gasteiger charge is 2.13. The van der Waals surface area contributed by atoms with Gasteiger partial charge in [-0.2, -0.15) is 0 Å². The summed E-state index contributed by atoms with van der Waals surface area (Å²) in [6, 6.07) is 21.6. The lowest BCUT2D eigenvalue weighted by atomic mass is 10.2. The number of nitrogens with one attached hydrogen (secondary N) is 1. The van der Waals surface area contributed by atoms with Gasteiger partial charge in [-0.3, -0.25) is 14.2 Å². The second-order valence-corrected chi connectivity index (χ2v) is 8.17. The van der Waals surface area contributed by atoms with E-state index >= 15 is 0 Å². The first kappa shape index (κ1) is 21.0. The Hall–Kier alpha value is -3.22. The molecular formula is C24H17BrClN3O2. The lowest BCUT2D eigenvalue weighted by molar-refractivity contribution is -0.116. The van der Waals surface area contributed by atoms with Crippen LogP contribution in [0.5, 0.6) is 0 Å². The summed E-state index contributed by atoms with van der Waals surface area (Å²) in [6.07, 6.45) is 3.60. The molecular weight excluding hydrogens is 478 g/mol. The molecule has 0 aliphatic heterocycles. The number of para-hydroxylation sites is 1. The second kappa shape index (κ2) is 9.29. The van der Waals surface area contributed by atoms with Crippen molar-refractivity contribution in [2.45, 2.75) is 6.54 Å². The largest absolute Gasteiger partial charge is 0.325 e. The van der Waals surface area contributed by atoms with Crippen molar-refractivity contribution in [1.82, 2.24) is 9.55 Å². The van der Waals surface area contributed by atoms with Gasteiger partial charge in [-0.05, 0) is 60.2 Å². The van der Waals surface area contributed by atoms with Crippen molar-refractivity contribution in [1.29, 1.82) is 0 Å². The molecule has 0 atom stereocenters. The van der Waals surface area contributed by atoms with E-state index in [1.807, 2.05) is 36.4 Å². The Morgan fingerprint density at radius 3 is 2.58 bits per heavy atom. The van der Waals surface area contributed by atoms with E-state index < -0.39 is 0 Å². The van der Waals surface area contributed by atoms with Crippen LogP contribution in [0.3, 0.4) is 0 Å². The number of hydrogen-bond donors (Lipinski definition) is 1. The number of nitrogens with zero attached hydrogens (tertiary/aromatic N) is 2. The Labute approximate surface area is 192 Å². The van der Waals surface area contributed by atoms with Gasteiger partial charge in [0.15, 0.2) is 0 Å². The number of aromatic nitrogens is 2. The van der Waals surface area contributed by atoms with Crippen LogP contribution in [0.15, 0.2) is 82.1 Å². The first-order valence-corrected chi connectivity index (χ1v) is 10.7. The van der Waals surface area contributed by atoms with E-state index in [2.05, 4.69) is 26.2 Å². The number of rotatable bonds is 5. The zero-order valence-corrected chi connectivity index (χ0v) is 18.6. The van der Waals surface area contributed by atoms with Crippen LogP contribution in [0.4, 0.5) is 5.69 Å². The van der Waals surface area contributed by atoms with E-state index in [4.69, 9.17) is 11.6 Å². The summed E-state index contributed by atoms with van der Waals surface area (Å²) in [5.41, 5.74) is 1.85. The van der Waals surface area contributed by atoms with Crippen molar-refractivity contribution in [2.75, 3.05) is 5.32 Å². The topological polar surface area (TPSA) is 64.0 Å². The highest BCUT2D eigenvalue weighted by atomic mass is 79.9. The Kier molecular flexibility index (Phi) is 6.30. The Morgan fingerprint density at radius 2 is 1.81 bits per heavy atom. The lowest BCUT2D eigenvalue weighted by Crippen LogP contribution is -2.30. The van der Waals surface area contributed by atoms with Crippen LogP contribution in [0, 0.1) is 0 Å². The number of amides is 1. The zero-order chi connectivity index (χ0) is 21.8. The third-order valence-electron chi connectivity index (χ3n) is 4.59. The molecule has 3 aromatic carbocycles. The van der Waals surface area contributed by atoms with Crippen molar-refractivity contribution in [3.8, 4) is 0 Å². The van der Waals surface area contributed by atoms with Crippen molar-refractivity contribution in [3.63, 3.8) is 0 Å². The number of hydrogen-bond acceptors (Lipinski definition) is 3. The van der Waals surface area contributed by atoms with Crippen molar-refractivity contribution >= 4 is 62.2 Å². The first-order chi connectivity index (χ1) is 15.0. The maximum atomic E-state index is 13.1. The number of carbonyl (C=O) groups is 1. The zero-order valence-electron chi connectivity index (χ0n) is 16.3. The second-order valence-electron chi connectivity index (χ2n) is 6.82. The van der Waals surface area contributed by atoms with Gasteiger partial charge in [0.05, 0.1) is 10.9 Å². The molecule has 0 spiro atoms. The Morgan fingerprint density at radius 1 is 1.03 bits per heavy atom. The molecule has 4 aromatic rings. The molecule has 1 N–H and O–H groups in total. The van der Waals surface area contributed by atoms with E-state index in [-0.39, 0.29) is 18.0 Å². The minimum atomic E-state index is -0.335. The predicted octanol–water partition coefficient (Wildman–Crippen LogP) is 5.62. The molecule has 154 valence electrons. The molecule has 0 aliphatic carbocycles. The van der Waals surface area contributed by atoms with Crippen LogP contribution >= 0.6 is 27.5 Å². The van der Waals surface area contributed by atoms with E-state index in [0.29, 0.717) is 27.4 Å². The summed E-state index contributed by atoms with van der Waals surface area (Å²) in [4.78, 5) is 30.4. The summed E-state index contributed by atoms with van der Waals surface area (Å²) in [5.74, 6) is 0.0635. The van der Waals surface area contributed by atoms with Crippen LogP contribution in [0.2, 0.25) is 5.02 Å². The van der Waals surface area contributed by atoms with Crippen LogP contribution < -0.4 is 10.9 Å². The number of fused-ring (bicyclic) bond motifs is 1. The molecule has 1 aromatic heterocycles. The predicted molar refractivity (Wildman–Crippen MR) is 129 cm³/mol. The molecule has 0 fully saturated rings. The fourth-order valence-corrected chi connectivity index (χ4v) is 3.67. The fourth-order valence-electron chi connectivity index (χ4n) is 3.12. The first-order valence-electron chi connectivity index (χ1n) is 9.48. The SMILES string of the molecule is O=C(Cn1c(/C=C/c2cccc(Br)c2)nc2ccccc2c1=O)Nc1ccc(Cl)cc1. The molecule has 0 radical (unpaired) electrons. The molecule has 5 nitrogen and oxygen atoms in total. The number of carbonyl (C=O) groups excluding carboxylic acids is 1. The molecule has 0 bridgehead atoms. The minimum absolute atomic E-state index is 0.169. The average Bonchev–Trinajstić information content (AvgIpc) is 2.76. The molecule has 7 heteroatoms. The fraction of sp³-hybridized carbons (Fsp3) is 0.0417. The number of halogens is 2. The third kappa shape index (κ3) is 5.10. The molecule has 0 saturated carbocycles. The summed E-state index contributed by atoms with van der Waals surface area (Å²) >= 11 is 9.34. The van der Waals surface area contributed by atoms with Crippen LogP contribution in [-0.2, 0) is 11.3 Å². The van der Waals surface area contributed by atoms with Crippen LogP contribution in [-0.4, -0.2) is 15.5 Å². The molecule has 0 unspecified atom stereocenters. The van der Waals surface area contributed by atoms with Gasteiger partial charge in [-0.25, -0.2) is 4.98 Å². The van der Waals surface area contributed by atoms with Crippen LogP contribution in [0.1, 0.15) is 11.4 Å². The Balaban J connectivity index is 1.70. The lowest BCUT2D eigenvalue weighted by Gasteiger charge is -2.12. The van der Waals surface area contributed by atoms with Crippen molar-refractivity contribution < 1.29 is 4.79 Å². The molecule has 4 rings (SSSR count). The Bertz CT molecular complexity index is 1350. The van der Waals surface area contributed by atoms with Crippen molar-refractivity contribution in [2.24, 2.45) is 0 Å². The smallest absolute Gasteiger partial charge is 0.262 e. The minimum Gasteiger partial charge on any atom is -0.325 e. The van der Waals surface area contributed by atoms with Gasteiger partial charge in [0.2, 0.25) is 5.91 Å². The van der Waals surface area contributed by atoms with E-state index in [0.717, 1.165) is 10.0 Å². The molecule has 0 saturated heterocycles. The van der Waals surface area contributed by atoms with Gasteiger partial charge in [-0.1, -0.05) is 57.9 Å². The number of benzene rings is 3. The third-order valence-corrected chi connectivity index (χ3v) is 5.34. The van der Waals surface area contributed by atoms with Gasteiger partial charge in [0, 0.05) is 15.2 Å². The average molecular weight is 495 g/mol. The summed E-state index contributed by atoms with van der Waals surface area (Å²) < 4.78 is 2.32. The van der Waals surface area contributed by atoms with Crippen LogP contribution in [0.25, 0.3) is 23.1 Å². The van der Waals surface area contributed by atoms with Gasteiger partial charge < -0.3 is 5.32 Å². The van der Waals surface area contributed by atoms with Gasteiger partial charge in [0.1, 0.15) is 12.4 Å². The van der Waals surface area contributed by atoms with E-state index in [1.165, 1.54) is 4.57 Å². The summed E-state index contributed by atoms with van der Waals surface area (Å²) in [5, 5.41) is 3.82. The van der Waals surface area contributed by atoms with Gasteiger partial charge in [0.25, 0.3) is 5.56 Å². The highest BCUT2D eigenvalue weighted by Crippen LogP contribution is 2.16. The standard InChI is InChI=1S/C24H17BrClN3O2/c25-17-5-3-4-16(14-17)8-13-22-28-21-7-2-1-6-20(21)24(31)29(22)15-23(30)27-19-11-9-18(26)10-12-19/h1-14H,15H2,(H,27,30)/b13-8+. The summed E-state index contributed by atoms with van der Waals surface area (Å²) in [6.45, 7) is -0.169. The van der Waals surface area contributed by atoms with E-state index in [9.17, 15) is 9.59 Å². The maximum absolute atomic E-state index is 13.1. The van der Waals surface area contributed by atoms with E-state index in [1.54, 1.807) is 48.5 Å². The quantitative estimate of drug-likeness (QED) is 0.391. The molecule has 1 heterocycles. The molecule has 1 amide bonds. The van der Waals surface area contributed by atoms with Crippen molar-refractivity contribution in [3.05, 3.63) is 104 Å².